The number of ether oxygens (including phenoxy) is 1. The zero-order valence-corrected chi connectivity index (χ0v) is 9.92. The monoisotopic (exact) mass is 257 g/mol. The van der Waals surface area contributed by atoms with Gasteiger partial charge in [-0.3, -0.25) is 0 Å². The van der Waals surface area contributed by atoms with Gasteiger partial charge in [0.2, 0.25) is 11.7 Å². The van der Waals surface area contributed by atoms with Gasteiger partial charge in [-0.2, -0.15) is 0 Å². The van der Waals surface area contributed by atoms with E-state index in [1.165, 1.54) is 11.3 Å². The van der Waals surface area contributed by atoms with Gasteiger partial charge >= 0.3 is 5.97 Å². The van der Waals surface area contributed by atoms with Gasteiger partial charge in [0.25, 0.3) is 0 Å². The molecule has 3 rings (SSSR count). The van der Waals surface area contributed by atoms with E-state index < -0.39 is 5.97 Å². The van der Waals surface area contributed by atoms with Crippen LogP contribution in [0.5, 0.6) is 5.88 Å². The molecule has 0 aromatic carbocycles. The Kier molecular flexibility index (Phi) is 2.70. The minimum atomic E-state index is -0.609. The van der Waals surface area contributed by atoms with Crippen LogP contribution in [0.1, 0.15) is 10.6 Å². The number of carbonyl (C=O) groups is 1. The molecule has 0 radical (unpaired) electrons. The van der Waals surface area contributed by atoms with Crippen LogP contribution in [0.25, 0.3) is 10.2 Å². The highest BCUT2D eigenvalue weighted by atomic mass is 32.1. The number of fused-ring (bicyclic) bond motifs is 1. The van der Waals surface area contributed by atoms with E-state index in [4.69, 9.17) is 4.74 Å². The summed E-state index contributed by atoms with van der Waals surface area (Å²) >= 11 is 1.52. The Balaban J connectivity index is 1.87. The average molecular weight is 257 g/mol. The predicted molar refractivity (Wildman–Crippen MR) is 66.6 cm³/mol. The third-order valence-electron chi connectivity index (χ3n) is 2.22. The molecule has 5 nitrogen and oxygen atoms in total. The topological polar surface area (TPSA) is 65.0 Å². The molecule has 0 N–H and O–H groups in total. The maximum Gasteiger partial charge on any atom is 0.383 e. The van der Waals surface area contributed by atoms with Gasteiger partial charge in [-0.05, 0) is 17.5 Å². The van der Waals surface area contributed by atoms with Gasteiger partial charge in [0.05, 0.1) is 10.2 Å². The lowest BCUT2D eigenvalue weighted by Crippen LogP contribution is -2.13. The van der Waals surface area contributed by atoms with Crippen LogP contribution in [0.3, 0.4) is 0 Å². The van der Waals surface area contributed by atoms with E-state index in [1.807, 2.05) is 11.4 Å². The first-order valence-electron chi connectivity index (χ1n) is 5.16. The van der Waals surface area contributed by atoms with Crippen molar-refractivity contribution in [1.29, 1.82) is 0 Å². The van der Waals surface area contributed by atoms with E-state index in [-0.39, 0.29) is 11.7 Å². The Labute approximate surface area is 106 Å². The van der Waals surface area contributed by atoms with Gasteiger partial charge in [0.1, 0.15) is 0 Å². The molecule has 3 aromatic rings. The molecular formula is C12H7N3O2S. The summed E-state index contributed by atoms with van der Waals surface area (Å²) in [4.78, 5) is 23.8. The summed E-state index contributed by atoms with van der Waals surface area (Å²) in [7, 11) is 0. The molecule has 18 heavy (non-hydrogen) atoms. The van der Waals surface area contributed by atoms with Crippen LogP contribution in [0, 0.1) is 0 Å². The Morgan fingerprint density at radius 2 is 2.17 bits per heavy atom. The lowest BCUT2D eigenvalue weighted by molar-refractivity contribution is 0.0715. The summed E-state index contributed by atoms with van der Waals surface area (Å²) in [5.74, 6) is -0.343. The number of pyridine rings is 1. The second-order valence-corrected chi connectivity index (χ2v) is 4.37. The van der Waals surface area contributed by atoms with Crippen LogP contribution in [-0.2, 0) is 0 Å². The molecule has 0 aliphatic rings. The summed E-state index contributed by atoms with van der Waals surface area (Å²) in [6.07, 6.45) is 3.16. The standard InChI is InChI=1S/C12H7N3O2S/c16-12(17-10-3-1-2-5-13-10)11-14-7-9-8(15-11)4-6-18-9/h1-7H. The summed E-state index contributed by atoms with van der Waals surface area (Å²) < 4.78 is 5.99. The highest BCUT2D eigenvalue weighted by molar-refractivity contribution is 7.17. The Hall–Kier alpha value is -2.34. The zero-order valence-electron chi connectivity index (χ0n) is 9.11. The van der Waals surface area contributed by atoms with Crippen LogP contribution >= 0.6 is 11.3 Å². The molecule has 6 heteroatoms. The minimum Gasteiger partial charge on any atom is -0.402 e. The Morgan fingerprint density at radius 1 is 1.22 bits per heavy atom. The van der Waals surface area contributed by atoms with Crippen molar-refractivity contribution in [2.75, 3.05) is 0 Å². The Morgan fingerprint density at radius 3 is 3.00 bits per heavy atom. The third kappa shape index (κ3) is 2.05. The zero-order chi connectivity index (χ0) is 12.4. The van der Waals surface area contributed by atoms with Crippen molar-refractivity contribution in [1.82, 2.24) is 15.0 Å². The SMILES string of the molecule is O=C(Oc1ccccn1)c1ncc2sccc2n1. The molecule has 88 valence electrons. The molecule has 3 heterocycles. The number of carbonyl (C=O) groups excluding carboxylic acids is 1. The minimum absolute atomic E-state index is 0.0338. The van der Waals surface area contributed by atoms with Gasteiger partial charge < -0.3 is 4.74 Å². The molecule has 0 amide bonds. The highest BCUT2D eigenvalue weighted by Crippen LogP contribution is 2.17. The molecule has 0 aliphatic heterocycles. The van der Waals surface area contributed by atoms with Gasteiger partial charge in [-0.25, -0.2) is 19.7 Å². The van der Waals surface area contributed by atoms with Gasteiger partial charge in [-0.1, -0.05) is 6.07 Å². The van der Waals surface area contributed by atoms with Crippen LogP contribution in [-0.4, -0.2) is 20.9 Å². The van der Waals surface area contributed by atoms with Crippen molar-refractivity contribution < 1.29 is 9.53 Å². The first-order chi connectivity index (χ1) is 8.83. The molecule has 3 aromatic heterocycles. The van der Waals surface area contributed by atoms with Gasteiger partial charge in [0, 0.05) is 18.5 Å². The van der Waals surface area contributed by atoms with Crippen LogP contribution in [0.2, 0.25) is 0 Å². The second kappa shape index (κ2) is 4.50. The van der Waals surface area contributed by atoms with E-state index in [0.29, 0.717) is 0 Å². The van der Waals surface area contributed by atoms with E-state index in [0.717, 1.165) is 10.2 Å². The number of hydrogen-bond acceptors (Lipinski definition) is 6. The third-order valence-corrected chi connectivity index (χ3v) is 3.06. The summed E-state index contributed by atoms with van der Waals surface area (Å²) in [6.45, 7) is 0. The van der Waals surface area contributed by atoms with Crippen molar-refractivity contribution in [3.8, 4) is 5.88 Å². The second-order valence-electron chi connectivity index (χ2n) is 3.42. The summed E-state index contributed by atoms with van der Waals surface area (Å²) in [6, 6.07) is 6.91. The molecule has 0 aliphatic carbocycles. The molecule has 0 bridgehead atoms. The molecule has 0 saturated carbocycles. The lowest BCUT2D eigenvalue weighted by Gasteiger charge is -2.01. The van der Waals surface area contributed by atoms with Crippen molar-refractivity contribution in [3.05, 3.63) is 47.9 Å². The normalized spacial score (nSPS) is 10.4. The average Bonchev–Trinajstić information content (AvgIpc) is 2.87. The van der Waals surface area contributed by atoms with Crippen molar-refractivity contribution in [3.63, 3.8) is 0 Å². The number of esters is 1. The first kappa shape index (κ1) is 10.8. The van der Waals surface area contributed by atoms with E-state index in [1.54, 1.807) is 30.6 Å². The summed E-state index contributed by atoms with van der Waals surface area (Å²) in [5, 5.41) is 1.90. The smallest absolute Gasteiger partial charge is 0.383 e. The van der Waals surface area contributed by atoms with Gasteiger partial charge in [-0.15, -0.1) is 11.3 Å². The van der Waals surface area contributed by atoms with Crippen LogP contribution < -0.4 is 4.74 Å². The Bertz CT molecular complexity index is 697. The van der Waals surface area contributed by atoms with E-state index >= 15 is 0 Å². The molecule has 0 spiro atoms. The number of hydrogen-bond donors (Lipinski definition) is 0. The quantitative estimate of drug-likeness (QED) is 0.659. The largest absolute Gasteiger partial charge is 0.402 e. The number of rotatable bonds is 2. The van der Waals surface area contributed by atoms with E-state index in [9.17, 15) is 4.79 Å². The maximum atomic E-state index is 11.8. The fourth-order valence-corrected chi connectivity index (χ4v) is 2.10. The van der Waals surface area contributed by atoms with Gasteiger partial charge in [0.15, 0.2) is 0 Å². The fraction of sp³-hybridized carbons (Fsp3) is 0. The number of nitrogens with zero attached hydrogens (tertiary/aromatic N) is 3. The highest BCUT2D eigenvalue weighted by Gasteiger charge is 2.13. The molecule has 0 unspecified atom stereocenters. The molecular weight excluding hydrogens is 250 g/mol. The molecule has 0 atom stereocenters. The lowest BCUT2D eigenvalue weighted by atomic mass is 10.4. The van der Waals surface area contributed by atoms with Crippen molar-refractivity contribution in [2.45, 2.75) is 0 Å². The van der Waals surface area contributed by atoms with Crippen LogP contribution in [0.4, 0.5) is 0 Å². The summed E-state index contributed by atoms with van der Waals surface area (Å²) in [5.41, 5.74) is 0.739. The van der Waals surface area contributed by atoms with Crippen molar-refractivity contribution in [2.24, 2.45) is 0 Å². The number of thiophene rings is 1. The molecule has 0 saturated heterocycles. The predicted octanol–water partition coefficient (Wildman–Crippen LogP) is 2.31. The maximum absolute atomic E-state index is 11.8. The number of aromatic nitrogens is 3. The molecule has 0 fully saturated rings. The first-order valence-corrected chi connectivity index (χ1v) is 6.04. The van der Waals surface area contributed by atoms with E-state index in [2.05, 4.69) is 15.0 Å². The fourth-order valence-electron chi connectivity index (χ4n) is 1.41. The van der Waals surface area contributed by atoms with Crippen LogP contribution in [0.15, 0.2) is 42.0 Å². The van der Waals surface area contributed by atoms with Crippen molar-refractivity contribution >= 4 is 27.5 Å².